The van der Waals surface area contributed by atoms with Crippen LogP contribution < -0.4 is 16.8 Å². The monoisotopic (exact) mass is 411 g/mol. The van der Waals surface area contributed by atoms with Gasteiger partial charge in [0.25, 0.3) is 11.6 Å². The first-order valence-electron chi connectivity index (χ1n) is 8.52. The molecule has 0 saturated carbocycles. The number of carbonyl (C=O) groups excluding carboxylic acids is 2. The van der Waals surface area contributed by atoms with E-state index in [0.29, 0.717) is 0 Å². The average Bonchev–Trinajstić information content (AvgIpc) is 3.22. The minimum absolute atomic E-state index is 0.00277. The fraction of sp³-hybridized carbons (Fsp3) is 0.533. The van der Waals surface area contributed by atoms with Gasteiger partial charge < -0.3 is 41.9 Å². The smallest absolute Gasteiger partial charge is 0.274 e. The molecule has 3 rings (SSSR count). The predicted molar refractivity (Wildman–Crippen MR) is 94.7 cm³/mol. The van der Waals surface area contributed by atoms with Gasteiger partial charge in [0.05, 0.1) is 12.7 Å². The van der Waals surface area contributed by atoms with E-state index >= 15 is 0 Å². The van der Waals surface area contributed by atoms with Gasteiger partial charge in [-0.05, 0) is 6.92 Å². The van der Waals surface area contributed by atoms with Crippen molar-refractivity contribution < 1.29 is 34.8 Å². The van der Waals surface area contributed by atoms with E-state index in [0.717, 1.165) is 17.2 Å². The zero-order valence-corrected chi connectivity index (χ0v) is 15.2. The molecule has 2 amide bonds. The lowest BCUT2D eigenvalue weighted by molar-refractivity contribution is -0.172. The van der Waals surface area contributed by atoms with Crippen LogP contribution in [0.4, 0.5) is 5.82 Å². The molecule has 0 aromatic carbocycles. The van der Waals surface area contributed by atoms with E-state index in [2.05, 4.69) is 20.3 Å². The largest absolute Gasteiger partial charge is 0.394 e. The van der Waals surface area contributed by atoms with E-state index in [1.54, 1.807) is 0 Å². The molecular formula is C15H21N7O7. The van der Waals surface area contributed by atoms with Crippen molar-refractivity contribution in [2.24, 2.45) is 11.5 Å². The summed E-state index contributed by atoms with van der Waals surface area (Å²) in [7, 11) is 0. The highest BCUT2D eigenvalue weighted by Crippen LogP contribution is 2.37. The van der Waals surface area contributed by atoms with Crippen LogP contribution in [-0.4, -0.2) is 88.8 Å². The highest BCUT2D eigenvalue weighted by Gasteiger charge is 2.60. The van der Waals surface area contributed by atoms with Gasteiger partial charge in [0.2, 0.25) is 5.91 Å². The number of aliphatic hydroxyl groups excluding tert-OH is 4. The van der Waals surface area contributed by atoms with Gasteiger partial charge in [0.15, 0.2) is 17.0 Å². The normalized spacial score (nSPS) is 29.0. The van der Waals surface area contributed by atoms with Crippen LogP contribution in [0.5, 0.6) is 0 Å². The van der Waals surface area contributed by atoms with Crippen molar-refractivity contribution in [1.82, 2.24) is 19.5 Å². The number of primary amides is 1. The zero-order chi connectivity index (χ0) is 21.5. The van der Waals surface area contributed by atoms with E-state index < -0.39 is 54.6 Å². The third kappa shape index (κ3) is 3.21. The van der Waals surface area contributed by atoms with Crippen molar-refractivity contribution in [1.29, 1.82) is 0 Å². The van der Waals surface area contributed by atoms with Crippen LogP contribution in [0.1, 0.15) is 6.92 Å². The number of nitrogens with two attached hydrogens (primary N) is 2. The third-order valence-electron chi connectivity index (χ3n) is 4.72. The highest BCUT2D eigenvalue weighted by atomic mass is 16.6. The first kappa shape index (κ1) is 21.0. The molecule has 1 fully saturated rings. The molecule has 6 atom stereocenters. The summed E-state index contributed by atoms with van der Waals surface area (Å²) in [6.45, 7) is 0.653. The molecule has 14 nitrogen and oxygen atoms in total. The maximum absolute atomic E-state index is 12.2. The molecule has 1 saturated heterocycles. The number of amides is 2. The Morgan fingerprint density at radius 1 is 1.38 bits per heavy atom. The lowest BCUT2D eigenvalue weighted by Gasteiger charge is -2.30. The summed E-state index contributed by atoms with van der Waals surface area (Å²) in [4.78, 5) is 36.3. The van der Waals surface area contributed by atoms with Crippen molar-refractivity contribution in [2.75, 3.05) is 11.9 Å². The molecule has 29 heavy (non-hydrogen) atoms. The number of hydrogen-bond donors (Lipinski definition) is 7. The Hall–Kier alpha value is -2.75. The molecule has 2 aromatic rings. The molecule has 2 unspecified atom stereocenters. The van der Waals surface area contributed by atoms with Crippen LogP contribution in [0.15, 0.2) is 12.7 Å². The average molecular weight is 411 g/mol. The van der Waals surface area contributed by atoms with E-state index in [9.17, 15) is 30.0 Å². The van der Waals surface area contributed by atoms with Crippen LogP contribution in [0.25, 0.3) is 11.2 Å². The SMILES string of the molecule is CC(O)C(N)C(=O)Nc1ncnc2c1ncn2[C@]1(C(N)=O)O[C@H](CO)[C@@H](O)[C@H]1O. The zero-order valence-electron chi connectivity index (χ0n) is 15.2. The van der Waals surface area contributed by atoms with Gasteiger partial charge in [0, 0.05) is 0 Å². The van der Waals surface area contributed by atoms with Gasteiger partial charge in [-0.1, -0.05) is 0 Å². The fourth-order valence-corrected chi connectivity index (χ4v) is 3.06. The van der Waals surface area contributed by atoms with Crippen LogP contribution >= 0.6 is 0 Å². The highest BCUT2D eigenvalue weighted by molar-refractivity contribution is 6.00. The number of ether oxygens (including phenoxy) is 1. The Bertz CT molecular complexity index is 935. The first-order chi connectivity index (χ1) is 13.6. The quantitative estimate of drug-likeness (QED) is 0.240. The molecule has 3 heterocycles. The Balaban J connectivity index is 2.08. The van der Waals surface area contributed by atoms with E-state index in [4.69, 9.17) is 16.2 Å². The molecular weight excluding hydrogens is 390 g/mol. The predicted octanol–water partition coefficient (Wildman–Crippen LogP) is -4.28. The number of nitrogens with zero attached hydrogens (tertiary/aromatic N) is 4. The molecule has 0 bridgehead atoms. The standard InChI is InChI=1S/C15H21N7O7/c1-5(24)7(16)13(27)21-11-8-12(19-3-18-11)22(4-20-8)15(14(17)28)10(26)9(25)6(2-23)29-15/h3-7,9-10,23-26H,2,16H2,1H3,(H2,17,28)(H,18,19,21,27)/t5?,6-,7?,9-,10-,15+/m1/s1. The van der Waals surface area contributed by atoms with Gasteiger partial charge in [0.1, 0.15) is 37.0 Å². The van der Waals surface area contributed by atoms with Gasteiger partial charge in [-0.25, -0.2) is 15.0 Å². The molecule has 9 N–H and O–H groups in total. The fourth-order valence-electron chi connectivity index (χ4n) is 3.06. The number of aromatic nitrogens is 4. The molecule has 1 aliphatic heterocycles. The van der Waals surface area contributed by atoms with Crippen molar-refractivity contribution in [2.45, 2.75) is 43.1 Å². The summed E-state index contributed by atoms with van der Waals surface area (Å²) < 4.78 is 6.41. The summed E-state index contributed by atoms with van der Waals surface area (Å²) in [5.74, 6) is -1.99. The van der Waals surface area contributed by atoms with Gasteiger partial charge in [-0.15, -0.1) is 0 Å². The van der Waals surface area contributed by atoms with E-state index in [-0.39, 0.29) is 17.0 Å². The van der Waals surface area contributed by atoms with Crippen LogP contribution in [0.2, 0.25) is 0 Å². The summed E-state index contributed by atoms with van der Waals surface area (Å²) in [5, 5.41) is 41.7. The molecule has 1 aliphatic rings. The minimum atomic E-state index is -2.31. The number of hydrogen-bond acceptors (Lipinski definition) is 11. The van der Waals surface area contributed by atoms with Crippen LogP contribution in [-0.2, 0) is 20.1 Å². The molecule has 0 aliphatic carbocycles. The topological polar surface area (TPSA) is 232 Å². The van der Waals surface area contributed by atoms with Crippen LogP contribution in [0.3, 0.4) is 0 Å². The Kier molecular flexibility index (Phi) is 5.48. The number of fused-ring (bicyclic) bond motifs is 1. The number of nitrogens with one attached hydrogen (secondary N) is 1. The lowest BCUT2D eigenvalue weighted by Crippen LogP contribution is -2.54. The summed E-state index contributed by atoms with van der Waals surface area (Å²) in [6.07, 6.45) is -3.77. The summed E-state index contributed by atoms with van der Waals surface area (Å²) >= 11 is 0. The van der Waals surface area contributed by atoms with Crippen molar-refractivity contribution in [3.63, 3.8) is 0 Å². The van der Waals surface area contributed by atoms with E-state index in [1.165, 1.54) is 6.92 Å². The molecule has 0 radical (unpaired) electrons. The summed E-state index contributed by atoms with van der Waals surface area (Å²) in [6, 6.07) is -1.24. The third-order valence-corrected chi connectivity index (χ3v) is 4.72. The van der Waals surface area contributed by atoms with Gasteiger partial charge in [-0.3, -0.25) is 14.2 Å². The second kappa shape index (κ2) is 7.58. The lowest BCUT2D eigenvalue weighted by atomic mass is 10.0. The summed E-state index contributed by atoms with van der Waals surface area (Å²) in [5.41, 5.74) is 8.66. The molecule has 14 heteroatoms. The second-order valence-electron chi connectivity index (χ2n) is 6.60. The minimum Gasteiger partial charge on any atom is -0.394 e. The Labute approximate surface area is 163 Å². The molecule has 0 spiro atoms. The first-order valence-corrected chi connectivity index (χ1v) is 8.52. The second-order valence-corrected chi connectivity index (χ2v) is 6.60. The van der Waals surface area contributed by atoms with Gasteiger partial charge in [-0.2, -0.15) is 0 Å². The van der Waals surface area contributed by atoms with Gasteiger partial charge >= 0.3 is 0 Å². The number of rotatable bonds is 6. The maximum atomic E-state index is 12.2. The molecule has 158 valence electrons. The molecule has 2 aromatic heterocycles. The number of anilines is 1. The van der Waals surface area contributed by atoms with Crippen molar-refractivity contribution >= 4 is 28.8 Å². The van der Waals surface area contributed by atoms with Crippen molar-refractivity contribution in [3.05, 3.63) is 12.7 Å². The maximum Gasteiger partial charge on any atom is 0.274 e. The number of carbonyl (C=O) groups is 2. The van der Waals surface area contributed by atoms with Crippen LogP contribution in [0, 0.1) is 0 Å². The number of imidazole rings is 1. The Morgan fingerprint density at radius 3 is 2.62 bits per heavy atom. The van der Waals surface area contributed by atoms with E-state index in [1.807, 2.05) is 0 Å². The van der Waals surface area contributed by atoms with Crippen molar-refractivity contribution in [3.8, 4) is 0 Å². The Morgan fingerprint density at radius 2 is 2.07 bits per heavy atom. The number of aliphatic hydroxyl groups is 4.